The normalized spacial score (nSPS) is 27.3. The summed E-state index contributed by atoms with van der Waals surface area (Å²) in [4.78, 5) is 0. The monoisotopic (exact) mass is 187 g/mol. The Labute approximate surface area is 78.8 Å². The van der Waals surface area contributed by atoms with Crippen LogP contribution in [-0.4, -0.2) is 32.3 Å². The predicted molar refractivity (Wildman–Crippen MR) is 52.1 cm³/mol. The van der Waals surface area contributed by atoms with Crippen LogP contribution in [0.15, 0.2) is 5.16 Å². The predicted octanol–water partition coefficient (Wildman–Crippen LogP) is 1.11. The van der Waals surface area contributed by atoms with Crippen LogP contribution in [0, 0.1) is 0 Å². The maximum absolute atomic E-state index is 8.75. The van der Waals surface area contributed by atoms with E-state index in [1.54, 1.807) is 5.06 Å². The van der Waals surface area contributed by atoms with Gasteiger partial charge in [-0.15, -0.1) is 0 Å². The molecule has 0 atom stereocenters. The Morgan fingerprint density at radius 2 is 1.62 bits per heavy atom. The number of nitrogens with zero attached hydrogens (tertiary/aromatic N) is 2. The Morgan fingerprint density at radius 3 is 1.92 bits per heavy atom. The molecule has 3 N–H and O–H groups in total. The smallest absolute Gasteiger partial charge is 0.0888 e. The number of rotatable bonds is 0. The zero-order valence-corrected chi connectivity index (χ0v) is 8.76. The summed E-state index contributed by atoms with van der Waals surface area (Å²) >= 11 is 0. The lowest BCUT2D eigenvalue weighted by Crippen LogP contribution is -2.59. The standard InChI is InChI=1S/C9H18N2O2/c1-8(2)5-7(10-12)6-9(3,4)11(8)13/h12-13H,5-6H2,1-4H3/p+1. The second-order valence-corrected chi connectivity index (χ2v) is 4.98. The summed E-state index contributed by atoms with van der Waals surface area (Å²) in [7, 11) is 0. The van der Waals surface area contributed by atoms with Crippen LogP contribution in [0.25, 0.3) is 0 Å². The second kappa shape index (κ2) is 2.96. The molecular formula is C9H19N2O2+. The molecule has 0 aromatic heterocycles. The van der Waals surface area contributed by atoms with Crippen LogP contribution in [0.3, 0.4) is 0 Å². The molecule has 4 nitrogen and oxygen atoms in total. The highest BCUT2D eigenvalue weighted by molar-refractivity contribution is 5.86. The van der Waals surface area contributed by atoms with E-state index in [1.165, 1.54) is 0 Å². The molecule has 0 unspecified atom stereocenters. The highest BCUT2D eigenvalue weighted by Gasteiger charge is 2.47. The number of hydrogen-bond donors (Lipinski definition) is 1. The van der Waals surface area contributed by atoms with Gasteiger partial charge in [-0.2, -0.15) is 0 Å². The Bertz CT molecular complexity index is 214. The van der Waals surface area contributed by atoms with E-state index < -0.39 is 0 Å². The summed E-state index contributed by atoms with van der Waals surface area (Å²) in [6, 6.07) is 0. The lowest BCUT2D eigenvalue weighted by atomic mass is 9.81. The van der Waals surface area contributed by atoms with E-state index in [1.807, 2.05) is 27.7 Å². The van der Waals surface area contributed by atoms with Crippen molar-refractivity contribution in [3.8, 4) is 0 Å². The number of oxime groups is 1. The molecule has 1 aliphatic heterocycles. The van der Waals surface area contributed by atoms with Gasteiger partial charge in [0.15, 0.2) is 0 Å². The first kappa shape index (κ1) is 10.5. The molecule has 0 amide bonds. The van der Waals surface area contributed by atoms with E-state index in [-0.39, 0.29) is 11.1 Å². The SMILES string of the molecule is CC1(C)CC(=NO)CC(C)(C)N1[OH2+]. The molecule has 0 spiro atoms. The van der Waals surface area contributed by atoms with Gasteiger partial charge in [-0.25, -0.2) is 0 Å². The Morgan fingerprint density at radius 1 is 1.23 bits per heavy atom. The zero-order valence-electron chi connectivity index (χ0n) is 8.76. The van der Waals surface area contributed by atoms with Gasteiger partial charge in [-0.1, -0.05) is 10.2 Å². The van der Waals surface area contributed by atoms with Crippen molar-refractivity contribution in [3.05, 3.63) is 0 Å². The molecule has 1 heterocycles. The Hall–Kier alpha value is -0.610. The molecule has 0 aliphatic carbocycles. The molecule has 1 aliphatic rings. The van der Waals surface area contributed by atoms with Crippen LogP contribution in [0.5, 0.6) is 0 Å². The second-order valence-electron chi connectivity index (χ2n) is 4.98. The Kier molecular flexibility index (Phi) is 2.38. The van der Waals surface area contributed by atoms with Crippen LogP contribution in [0.2, 0.25) is 0 Å². The van der Waals surface area contributed by atoms with Crippen molar-refractivity contribution in [1.82, 2.24) is 5.06 Å². The van der Waals surface area contributed by atoms with Gasteiger partial charge in [0.1, 0.15) is 0 Å². The van der Waals surface area contributed by atoms with Gasteiger partial charge in [0.05, 0.1) is 16.8 Å². The van der Waals surface area contributed by atoms with Crippen LogP contribution < -0.4 is 0 Å². The Balaban J connectivity index is 2.95. The average molecular weight is 187 g/mol. The third kappa shape index (κ3) is 1.84. The highest BCUT2D eigenvalue weighted by atomic mass is 16.5. The van der Waals surface area contributed by atoms with Crippen molar-refractivity contribution >= 4 is 5.71 Å². The van der Waals surface area contributed by atoms with Crippen LogP contribution in [0.4, 0.5) is 0 Å². The van der Waals surface area contributed by atoms with E-state index in [2.05, 4.69) is 5.16 Å². The fourth-order valence-electron chi connectivity index (χ4n) is 2.11. The molecular weight excluding hydrogens is 168 g/mol. The van der Waals surface area contributed by atoms with Gasteiger partial charge < -0.3 is 10.4 Å². The first-order valence-electron chi connectivity index (χ1n) is 4.51. The number of hydroxylamine groups is 2. The lowest BCUT2D eigenvalue weighted by molar-refractivity contribution is -0.226. The minimum atomic E-state index is -0.247. The van der Waals surface area contributed by atoms with Gasteiger partial charge in [-0.05, 0) is 27.7 Å². The van der Waals surface area contributed by atoms with Crippen molar-refractivity contribution in [3.63, 3.8) is 0 Å². The molecule has 0 bridgehead atoms. The molecule has 0 radical (unpaired) electrons. The average Bonchev–Trinajstić information content (AvgIpc) is 1.99. The number of piperidine rings is 1. The van der Waals surface area contributed by atoms with Crippen molar-refractivity contribution in [2.24, 2.45) is 5.16 Å². The largest absolute Gasteiger partial charge is 0.411 e. The third-order valence-electron chi connectivity index (χ3n) is 2.63. The van der Waals surface area contributed by atoms with Crippen LogP contribution >= 0.6 is 0 Å². The summed E-state index contributed by atoms with van der Waals surface area (Å²) in [5.74, 6) is 0. The first-order chi connectivity index (χ1) is 5.79. The van der Waals surface area contributed by atoms with Crippen LogP contribution in [-0.2, 0) is 0 Å². The fraction of sp³-hybridized carbons (Fsp3) is 0.889. The molecule has 76 valence electrons. The summed E-state index contributed by atoms with van der Waals surface area (Å²) < 4.78 is 0. The molecule has 13 heavy (non-hydrogen) atoms. The van der Waals surface area contributed by atoms with E-state index in [0.717, 1.165) is 5.71 Å². The quantitative estimate of drug-likeness (QED) is 0.351. The van der Waals surface area contributed by atoms with E-state index in [4.69, 9.17) is 10.4 Å². The maximum atomic E-state index is 8.75. The molecule has 4 heteroatoms. The molecule has 0 saturated carbocycles. The molecule has 1 fully saturated rings. The lowest BCUT2D eigenvalue weighted by Gasteiger charge is -2.44. The highest BCUT2D eigenvalue weighted by Crippen LogP contribution is 2.34. The van der Waals surface area contributed by atoms with Gasteiger partial charge >= 0.3 is 0 Å². The minimum Gasteiger partial charge on any atom is -0.411 e. The van der Waals surface area contributed by atoms with Gasteiger partial charge in [-0.3, -0.25) is 0 Å². The van der Waals surface area contributed by atoms with Gasteiger partial charge in [0.25, 0.3) is 0 Å². The first-order valence-corrected chi connectivity index (χ1v) is 4.51. The van der Waals surface area contributed by atoms with Gasteiger partial charge in [0.2, 0.25) is 0 Å². The molecule has 1 saturated heterocycles. The summed E-state index contributed by atoms with van der Waals surface area (Å²) in [6.45, 7) is 7.97. The summed E-state index contributed by atoms with van der Waals surface area (Å²) in [5, 5.41) is 21.6. The maximum Gasteiger partial charge on any atom is 0.0888 e. The minimum absolute atomic E-state index is 0.247. The fourth-order valence-corrected chi connectivity index (χ4v) is 2.11. The molecule has 1 rings (SSSR count). The zero-order chi connectivity index (χ0) is 10.3. The van der Waals surface area contributed by atoms with Crippen molar-refractivity contribution in [1.29, 1.82) is 0 Å². The molecule has 0 aromatic carbocycles. The van der Waals surface area contributed by atoms with E-state index in [0.29, 0.717) is 12.8 Å². The third-order valence-corrected chi connectivity index (χ3v) is 2.63. The van der Waals surface area contributed by atoms with Crippen molar-refractivity contribution < 1.29 is 10.4 Å². The van der Waals surface area contributed by atoms with Crippen molar-refractivity contribution in [2.75, 3.05) is 0 Å². The van der Waals surface area contributed by atoms with Crippen LogP contribution in [0.1, 0.15) is 40.5 Å². The van der Waals surface area contributed by atoms with E-state index >= 15 is 0 Å². The van der Waals surface area contributed by atoms with Crippen molar-refractivity contribution in [2.45, 2.75) is 51.6 Å². The summed E-state index contributed by atoms with van der Waals surface area (Å²) in [6.07, 6.45) is 1.33. The number of hydrogen-bond acceptors (Lipinski definition) is 3. The molecule has 0 aromatic rings. The van der Waals surface area contributed by atoms with E-state index in [9.17, 15) is 0 Å². The summed E-state index contributed by atoms with van der Waals surface area (Å²) in [5.41, 5.74) is 0.297. The topological polar surface area (TPSA) is 58.7 Å². The van der Waals surface area contributed by atoms with Gasteiger partial charge in [0, 0.05) is 12.8 Å².